The van der Waals surface area contributed by atoms with E-state index in [2.05, 4.69) is 20.9 Å². The molecule has 0 saturated carbocycles. The highest BCUT2D eigenvalue weighted by Crippen LogP contribution is 2.24. The van der Waals surface area contributed by atoms with Crippen molar-refractivity contribution < 1.29 is 13.5 Å². The standard InChI is InChI=1S/C15H10BrF2NO/c16-12-2-3-13(17)11(15(12)18)8-20-10-1-4-14-9(7-10)5-6-19-14/h1-7,19H,8H2. The smallest absolute Gasteiger partial charge is 0.146 e. The number of aromatic nitrogens is 1. The van der Waals surface area contributed by atoms with Crippen molar-refractivity contribution in [3.8, 4) is 5.75 Å². The molecule has 3 aromatic rings. The maximum Gasteiger partial charge on any atom is 0.146 e. The molecule has 1 aromatic heterocycles. The monoisotopic (exact) mass is 337 g/mol. The van der Waals surface area contributed by atoms with Crippen LogP contribution in [0.5, 0.6) is 5.75 Å². The second-order valence-corrected chi connectivity index (χ2v) is 5.19. The van der Waals surface area contributed by atoms with Crippen LogP contribution >= 0.6 is 15.9 Å². The zero-order valence-corrected chi connectivity index (χ0v) is 11.9. The van der Waals surface area contributed by atoms with Crippen LogP contribution in [0.25, 0.3) is 10.9 Å². The third kappa shape index (κ3) is 2.41. The number of hydrogen-bond donors (Lipinski definition) is 1. The van der Waals surface area contributed by atoms with Gasteiger partial charge in [0.2, 0.25) is 0 Å². The molecule has 0 fully saturated rings. The Labute approximate surface area is 122 Å². The van der Waals surface area contributed by atoms with Crippen molar-refractivity contribution in [1.29, 1.82) is 0 Å². The number of H-pyrrole nitrogens is 1. The van der Waals surface area contributed by atoms with Crippen LogP contribution in [-0.2, 0) is 6.61 Å². The number of ether oxygens (including phenoxy) is 1. The minimum atomic E-state index is -0.632. The SMILES string of the molecule is Fc1ccc(Br)c(F)c1COc1ccc2[nH]ccc2c1. The fourth-order valence-electron chi connectivity index (χ4n) is 1.98. The Morgan fingerprint density at radius 3 is 2.80 bits per heavy atom. The summed E-state index contributed by atoms with van der Waals surface area (Å²) in [7, 11) is 0. The lowest BCUT2D eigenvalue weighted by atomic mass is 10.2. The zero-order chi connectivity index (χ0) is 14.1. The van der Waals surface area contributed by atoms with Gasteiger partial charge >= 0.3 is 0 Å². The van der Waals surface area contributed by atoms with Crippen LogP contribution in [0.4, 0.5) is 8.78 Å². The van der Waals surface area contributed by atoms with Gasteiger partial charge in [-0.05, 0) is 52.3 Å². The van der Waals surface area contributed by atoms with Crippen molar-refractivity contribution >= 4 is 26.8 Å². The van der Waals surface area contributed by atoms with Crippen LogP contribution in [-0.4, -0.2) is 4.98 Å². The molecule has 0 aliphatic carbocycles. The molecule has 1 heterocycles. The predicted octanol–water partition coefficient (Wildman–Crippen LogP) is 4.79. The molecule has 0 radical (unpaired) electrons. The van der Waals surface area contributed by atoms with Gasteiger partial charge in [0.15, 0.2) is 0 Å². The van der Waals surface area contributed by atoms with Gasteiger partial charge in [0.1, 0.15) is 24.0 Å². The molecule has 0 aliphatic heterocycles. The average Bonchev–Trinajstić information content (AvgIpc) is 2.90. The van der Waals surface area contributed by atoms with Crippen molar-refractivity contribution in [2.24, 2.45) is 0 Å². The van der Waals surface area contributed by atoms with E-state index in [0.29, 0.717) is 5.75 Å². The summed E-state index contributed by atoms with van der Waals surface area (Å²) in [6, 6.07) is 9.88. The van der Waals surface area contributed by atoms with Crippen LogP contribution in [0.15, 0.2) is 47.1 Å². The molecule has 0 saturated heterocycles. The summed E-state index contributed by atoms with van der Waals surface area (Å²) in [5.74, 6) is -0.683. The minimum Gasteiger partial charge on any atom is -0.489 e. The number of rotatable bonds is 3. The summed E-state index contributed by atoms with van der Waals surface area (Å²) >= 11 is 3.03. The van der Waals surface area contributed by atoms with Gasteiger partial charge in [-0.25, -0.2) is 8.78 Å². The van der Waals surface area contributed by atoms with Crippen LogP contribution < -0.4 is 4.74 Å². The van der Waals surface area contributed by atoms with Gasteiger partial charge in [-0.1, -0.05) is 0 Å². The molecule has 2 aromatic carbocycles. The normalized spacial score (nSPS) is 10.9. The summed E-state index contributed by atoms with van der Waals surface area (Å²) in [5.41, 5.74) is 0.894. The summed E-state index contributed by atoms with van der Waals surface area (Å²) < 4.78 is 33.1. The van der Waals surface area contributed by atoms with E-state index in [9.17, 15) is 8.78 Å². The molecule has 0 atom stereocenters. The van der Waals surface area contributed by atoms with E-state index in [1.54, 1.807) is 6.07 Å². The molecule has 5 heteroatoms. The minimum absolute atomic E-state index is 0.0893. The van der Waals surface area contributed by atoms with E-state index >= 15 is 0 Å². The van der Waals surface area contributed by atoms with Gasteiger partial charge in [-0.15, -0.1) is 0 Å². The van der Waals surface area contributed by atoms with Gasteiger partial charge < -0.3 is 9.72 Å². The molecule has 0 amide bonds. The quantitative estimate of drug-likeness (QED) is 0.683. The summed E-state index contributed by atoms with van der Waals surface area (Å²) in [4.78, 5) is 3.06. The first-order valence-corrected chi connectivity index (χ1v) is 6.77. The lowest BCUT2D eigenvalue weighted by Gasteiger charge is -2.09. The first-order chi connectivity index (χ1) is 9.65. The fourth-order valence-corrected chi connectivity index (χ4v) is 2.35. The Hall–Kier alpha value is -1.88. The summed E-state index contributed by atoms with van der Waals surface area (Å²) in [5, 5.41) is 0.984. The molecule has 20 heavy (non-hydrogen) atoms. The number of nitrogens with one attached hydrogen (secondary N) is 1. The van der Waals surface area contributed by atoms with E-state index < -0.39 is 11.6 Å². The molecule has 2 nitrogen and oxygen atoms in total. The van der Waals surface area contributed by atoms with E-state index in [4.69, 9.17) is 4.74 Å². The van der Waals surface area contributed by atoms with Gasteiger partial charge in [-0.2, -0.15) is 0 Å². The first-order valence-electron chi connectivity index (χ1n) is 5.97. The van der Waals surface area contributed by atoms with Gasteiger partial charge in [0.25, 0.3) is 0 Å². The number of aromatic amines is 1. The van der Waals surface area contributed by atoms with Gasteiger partial charge in [0.05, 0.1) is 10.0 Å². The Morgan fingerprint density at radius 2 is 1.95 bits per heavy atom. The van der Waals surface area contributed by atoms with Crippen molar-refractivity contribution in [1.82, 2.24) is 4.98 Å². The Morgan fingerprint density at radius 1 is 1.10 bits per heavy atom. The van der Waals surface area contributed by atoms with E-state index in [1.165, 1.54) is 12.1 Å². The van der Waals surface area contributed by atoms with Crippen molar-refractivity contribution in [3.63, 3.8) is 0 Å². The van der Waals surface area contributed by atoms with Crippen LogP contribution in [0.2, 0.25) is 0 Å². The maximum atomic E-state index is 13.8. The second kappa shape index (κ2) is 5.25. The number of hydrogen-bond acceptors (Lipinski definition) is 1. The first kappa shape index (κ1) is 13.1. The molecule has 0 unspecified atom stereocenters. The number of fused-ring (bicyclic) bond motifs is 1. The molecule has 0 bridgehead atoms. The van der Waals surface area contributed by atoms with Crippen molar-refractivity contribution in [2.45, 2.75) is 6.61 Å². The van der Waals surface area contributed by atoms with Crippen LogP contribution in [0, 0.1) is 11.6 Å². The number of benzene rings is 2. The summed E-state index contributed by atoms with van der Waals surface area (Å²) in [6.07, 6.45) is 1.82. The topological polar surface area (TPSA) is 25.0 Å². The highest BCUT2D eigenvalue weighted by atomic mass is 79.9. The Balaban J connectivity index is 1.84. The Bertz CT molecular complexity index is 770. The molecule has 102 valence electrons. The predicted molar refractivity (Wildman–Crippen MR) is 76.7 cm³/mol. The molecule has 3 rings (SSSR count). The lowest BCUT2D eigenvalue weighted by molar-refractivity contribution is 0.292. The lowest BCUT2D eigenvalue weighted by Crippen LogP contribution is -2.02. The van der Waals surface area contributed by atoms with Crippen molar-refractivity contribution in [3.05, 3.63) is 64.3 Å². The maximum absolute atomic E-state index is 13.8. The highest BCUT2D eigenvalue weighted by Gasteiger charge is 2.13. The molecule has 0 spiro atoms. The van der Waals surface area contributed by atoms with Gasteiger partial charge in [-0.3, -0.25) is 0 Å². The third-order valence-corrected chi connectivity index (χ3v) is 3.66. The fraction of sp³-hybridized carbons (Fsp3) is 0.0667. The van der Waals surface area contributed by atoms with E-state index in [-0.39, 0.29) is 16.6 Å². The van der Waals surface area contributed by atoms with Crippen LogP contribution in [0.3, 0.4) is 0 Å². The highest BCUT2D eigenvalue weighted by molar-refractivity contribution is 9.10. The van der Waals surface area contributed by atoms with Gasteiger partial charge in [0, 0.05) is 17.1 Å². The van der Waals surface area contributed by atoms with E-state index in [1.807, 2.05) is 24.4 Å². The second-order valence-electron chi connectivity index (χ2n) is 4.34. The number of halogens is 3. The Kier molecular flexibility index (Phi) is 3.44. The van der Waals surface area contributed by atoms with E-state index in [0.717, 1.165) is 10.9 Å². The summed E-state index contributed by atoms with van der Waals surface area (Å²) in [6.45, 7) is -0.160. The molecule has 0 aliphatic rings. The molecule has 1 N–H and O–H groups in total. The molecular weight excluding hydrogens is 328 g/mol. The van der Waals surface area contributed by atoms with Crippen molar-refractivity contribution in [2.75, 3.05) is 0 Å². The zero-order valence-electron chi connectivity index (χ0n) is 10.3. The molecular formula is C15H10BrF2NO. The average molecular weight is 338 g/mol. The third-order valence-electron chi connectivity index (χ3n) is 3.05. The largest absolute Gasteiger partial charge is 0.489 e. The van der Waals surface area contributed by atoms with Crippen LogP contribution in [0.1, 0.15) is 5.56 Å².